The Bertz CT molecular complexity index is 568. The molecular formula is C7H4KNO7S. The number of rotatable bonds is 3. The van der Waals surface area contributed by atoms with E-state index in [0.717, 1.165) is 6.07 Å². The summed E-state index contributed by atoms with van der Waals surface area (Å²) in [7, 11) is -4.76. The quantitative estimate of drug-likeness (QED) is 0.260. The van der Waals surface area contributed by atoms with Crippen molar-refractivity contribution in [3.05, 3.63) is 33.9 Å². The average Bonchev–Trinajstić information content (AvgIpc) is 2.15. The number of carboxylic acid groups (broad SMARTS) is 1. The molecule has 10 heteroatoms. The van der Waals surface area contributed by atoms with Crippen molar-refractivity contribution in [1.82, 2.24) is 0 Å². The van der Waals surface area contributed by atoms with Crippen LogP contribution in [0.5, 0.6) is 0 Å². The zero-order valence-electron chi connectivity index (χ0n) is 8.48. The normalized spacial score (nSPS) is 10.4. The fraction of sp³-hybridized carbons (Fsp3) is 0. The molecule has 1 N–H and O–H groups in total. The number of benzene rings is 1. The first kappa shape index (κ1) is 16.6. The van der Waals surface area contributed by atoms with E-state index in [4.69, 9.17) is 4.55 Å². The van der Waals surface area contributed by atoms with Crippen molar-refractivity contribution in [2.45, 2.75) is 4.90 Å². The summed E-state index contributed by atoms with van der Waals surface area (Å²) in [6.07, 6.45) is 0. The molecule has 0 aliphatic heterocycles. The number of hydrogen-bond donors (Lipinski definition) is 1. The van der Waals surface area contributed by atoms with Crippen LogP contribution in [0.4, 0.5) is 5.69 Å². The molecule has 8 nitrogen and oxygen atoms in total. The minimum atomic E-state index is -4.76. The van der Waals surface area contributed by atoms with Crippen LogP contribution in [0.25, 0.3) is 0 Å². The van der Waals surface area contributed by atoms with E-state index >= 15 is 0 Å². The predicted octanol–water partition coefficient (Wildman–Crippen LogP) is -3.79. The van der Waals surface area contributed by atoms with Crippen molar-refractivity contribution < 1.29 is 79.2 Å². The molecule has 0 radical (unpaired) electrons. The molecule has 0 saturated heterocycles. The second-order valence-corrected chi connectivity index (χ2v) is 4.09. The van der Waals surface area contributed by atoms with Crippen molar-refractivity contribution in [3.8, 4) is 0 Å². The number of aromatic carboxylic acids is 1. The maximum atomic E-state index is 10.7. The van der Waals surface area contributed by atoms with Crippen LogP contribution in [0.15, 0.2) is 23.1 Å². The van der Waals surface area contributed by atoms with Gasteiger partial charge in [0.15, 0.2) is 0 Å². The van der Waals surface area contributed by atoms with Crippen LogP contribution in [0.2, 0.25) is 0 Å². The van der Waals surface area contributed by atoms with E-state index in [2.05, 4.69) is 0 Å². The fourth-order valence-corrected chi connectivity index (χ4v) is 1.68. The minimum absolute atomic E-state index is 0. The van der Waals surface area contributed by atoms with Gasteiger partial charge in [0.25, 0.3) is 15.8 Å². The summed E-state index contributed by atoms with van der Waals surface area (Å²) in [5.74, 6) is -1.93. The average molecular weight is 285 g/mol. The number of hydrogen-bond acceptors (Lipinski definition) is 6. The molecule has 0 spiro atoms. The van der Waals surface area contributed by atoms with Crippen LogP contribution in [0.1, 0.15) is 10.4 Å². The first-order valence-corrected chi connectivity index (χ1v) is 5.15. The van der Waals surface area contributed by atoms with E-state index in [-0.39, 0.29) is 51.4 Å². The van der Waals surface area contributed by atoms with Crippen LogP contribution in [-0.2, 0) is 10.1 Å². The third-order valence-corrected chi connectivity index (χ3v) is 2.58. The molecule has 0 saturated carbocycles. The molecule has 0 atom stereocenters. The van der Waals surface area contributed by atoms with Crippen LogP contribution < -0.4 is 56.5 Å². The Balaban J connectivity index is 0.00000256. The molecule has 1 rings (SSSR count). The minimum Gasteiger partial charge on any atom is -0.545 e. The summed E-state index contributed by atoms with van der Waals surface area (Å²) in [6.45, 7) is 0. The van der Waals surface area contributed by atoms with E-state index in [1.807, 2.05) is 0 Å². The first-order valence-electron chi connectivity index (χ1n) is 3.71. The van der Waals surface area contributed by atoms with Crippen LogP contribution in [-0.4, -0.2) is 23.9 Å². The van der Waals surface area contributed by atoms with E-state index in [1.165, 1.54) is 0 Å². The smallest absolute Gasteiger partial charge is 0.545 e. The molecule has 0 aliphatic carbocycles. The number of nitrogens with zero attached hydrogens (tertiary/aromatic N) is 1. The van der Waals surface area contributed by atoms with Crippen LogP contribution in [0.3, 0.4) is 0 Å². The molecule has 0 amide bonds. The maximum absolute atomic E-state index is 10.7. The van der Waals surface area contributed by atoms with Gasteiger partial charge >= 0.3 is 51.4 Å². The van der Waals surface area contributed by atoms with Gasteiger partial charge in [0, 0.05) is 17.7 Å². The van der Waals surface area contributed by atoms with E-state index in [9.17, 15) is 28.4 Å². The third-order valence-electron chi connectivity index (χ3n) is 1.67. The van der Waals surface area contributed by atoms with Gasteiger partial charge in [0.2, 0.25) is 0 Å². The zero-order valence-corrected chi connectivity index (χ0v) is 12.4. The van der Waals surface area contributed by atoms with Gasteiger partial charge < -0.3 is 9.90 Å². The Morgan fingerprint density at radius 1 is 1.35 bits per heavy atom. The van der Waals surface area contributed by atoms with Gasteiger partial charge in [-0.25, -0.2) is 0 Å². The van der Waals surface area contributed by atoms with E-state index < -0.39 is 37.2 Å². The maximum Gasteiger partial charge on any atom is 1.00 e. The standard InChI is InChI=1S/C7H5NO7S.K/c9-7(10)5-3-4(8(11)12)1-2-6(5)16(13,14)15;/h1-3H,(H,9,10)(H,13,14,15);/q;+1/p-1. The fourth-order valence-electron chi connectivity index (χ4n) is 1.02. The molecular weight excluding hydrogens is 281 g/mol. The van der Waals surface area contributed by atoms with Crippen molar-refractivity contribution in [2.24, 2.45) is 0 Å². The molecule has 86 valence electrons. The largest absolute Gasteiger partial charge is 1.00 e. The van der Waals surface area contributed by atoms with Gasteiger partial charge in [-0.15, -0.1) is 0 Å². The summed E-state index contributed by atoms with van der Waals surface area (Å²) in [4.78, 5) is 19.0. The van der Waals surface area contributed by atoms with Crippen molar-refractivity contribution >= 4 is 21.8 Å². The number of carbonyl (C=O) groups is 1. The molecule has 0 heterocycles. The number of nitro benzene ring substituents is 1. The summed E-state index contributed by atoms with van der Waals surface area (Å²) < 4.78 is 30.1. The summed E-state index contributed by atoms with van der Waals surface area (Å²) in [6, 6.07) is 1.88. The Morgan fingerprint density at radius 2 is 1.88 bits per heavy atom. The second kappa shape index (κ2) is 6.00. The Hall–Kier alpha value is -0.364. The zero-order chi connectivity index (χ0) is 12.5. The Morgan fingerprint density at radius 3 is 2.24 bits per heavy atom. The van der Waals surface area contributed by atoms with Gasteiger partial charge in [-0.1, -0.05) is 0 Å². The van der Waals surface area contributed by atoms with Crippen LogP contribution >= 0.6 is 0 Å². The van der Waals surface area contributed by atoms with Crippen LogP contribution in [0, 0.1) is 10.1 Å². The summed E-state index contributed by atoms with van der Waals surface area (Å²) >= 11 is 0. The number of nitro groups is 1. The Labute approximate surface area is 138 Å². The van der Waals surface area contributed by atoms with E-state index in [0.29, 0.717) is 12.1 Å². The monoisotopic (exact) mass is 285 g/mol. The summed E-state index contributed by atoms with van der Waals surface area (Å²) in [5.41, 5.74) is -1.58. The van der Waals surface area contributed by atoms with E-state index in [1.54, 1.807) is 0 Å². The topological polar surface area (TPSA) is 138 Å². The molecule has 1 aromatic rings. The predicted molar refractivity (Wildman–Crippen MR) is 47.2 cm³/mol. The van der Waals surface area contributed by atoms with Gasteiger partial charge in [-0.05, 0) is 6.07 Å². The SMILES string of the molecule is O=C([O-])c1cc([N+](=O)[O-])ccc1S(=O)(=O)O.[K+]. The summed E-state index contributed by atoms with van der Waals surface area (Å²) in [5, 5.41) is 20.9. The molecule has 0 unspecified atom stereocenters. The first-order chi connectivity index (χ1) is 7.23. The number of carbonyl (C=O) groups excluding carboxylic acids is 1. The number of carboxylic acids is 1. The van der Waals surface area contributed by atoms with Crippen molar-refractivity contribution in [1.29, 1.82) is 0 Å². The Kier molecular flexibility index (Phi) is 5.87. The van der Waals surface area contributed by atoms with Gasteiger partial charge in [0.1, 0.15) is 4.90 Å². The molecule has 0 fully saturated rings. The van der Waals surface area contributed by atoms with Gasteiger partial charge in [-0.2, -0.15) is 8.42 Å². The molecule has 17 heavy (non-hydrogen) atoms. The van der Waals surface area contributed by atoms with Gasteiger partial charge in [0.05, 0.1) is 10.9 Å². The number of non-ortho nitro benzene ring substituents is 1. The molecule has 0 aromatic heterocycles. The van der Waals surface area contributed by atoms with Gasteiger partial charge in [-0.3, -0.25) is 14.7 Å². The van der Waals surface area contributed by atoms with Crippen molar-refractivity contribution in [3.63, 3.8) is 0 Å². The molecule has 0 aliphatic rings. The van der Waals surface area contributed by atoms with Crippen molar-refractivity contribution in [2.75, 3.05) is 0 Å². The molecule has 1 aromatic carbocycles. The molecule has 0 bridgehead atoms. The second-order valence-electron chi connectivity index (χ2n) is 2.70. The third kappa shape index (κ3) is 4.10.